The van der Waals surface area contributed by atoms with Crippen LogP contribution in [0.25, 0.3) is 0 Å². The molecule has 1 rings (SSSR count). The Morgan fingerprint density at radius 3 is 2.27 bits per heavy atom. The first-order valence-electron chi connectivity index (χ1n) is 3.71. The third-order valence-corrected chi connectivity index (χ3v) is 1.19. The van der Waals surface area contributed by atoms with Crippen molar-refractivity contribution in [1.29, 1.82) is 0 Å². The topological polar surface area (TPSA) is 150 Å². The maximum absolute atomic E-state index is 8.88. The van der Waals surface area contributed by atoms with E-state index in [1.54, 1.807) is 6.92 Å². The molecule has 0 fully saturated rings. The van der Waals surface area contributed by atoms with Gasteiger partial charge in [-0.1, -0.05) is 0 Å². The second kappa shape index (κ2) is 5.74. The lowest BCUT2D eigenvalue weighted by Gasteiger charge is -1.99. The van der Waals surface area contributed by atoms with Gasteiger partial charge in [-0.05, 0) is 6.92 Å². The second-order valence-electron chi connectivity index (χ2n) is 2.50. The Morgan fingerprint density at radius 2 is 1.93 bits per heavy atom. The van der Waals surface area contributed by atoms with E-state index in [0.717, 1.165) is 0 Å². The Balaban J connectivity index is 0.000000336. The molecule has 0 aliphatic heterocycles. The third-order valence-electron chi connectivity index (χ3n) is 1.19. The normalized spacial score (nSPS) is 10.5. The van der Waals surface area contributed by atoms with Gasteiger partial charge in [0.1, 0.15) is 11.6 Å². The van der Waals surface area contributed by atoms with Gasteiger partial charge in [0.25, 0.3) is 0 Å². The Hall–Kier alpha value is -1.05. The van der Waals surface area contributed by atoms with Crippen molar-refractivity contribution in [3.05, 3.63) is 17.6 Å². The van der Waals surface area contributed by atoms with E-state index in [2.05, 4.69) is 9.97 Å². The highest BCUT2D eigenvalue weighted by Gasteiger charge is 2.00. The Labute approximate surface area is 85.7 Å². The summed E-state index contributed by atoms with van der Waals surface area (Å²) in [6.45, 7) is 1.64. The number of rotatable bonds is 1. The van der Waals surface area contributed by atoms with E-state index in [9.17, 15) is 0 Å². The van der Waals surface area contributed by atoms with E-state index in [-0.39, 0.29) is 6.61 Å². The number of phosphoric acid groups is 1. The van der Waals surface area contributed by atoms with Gasteiger partial charge in [-0.15, -0.1) is 0 Å². The first-order valence-corrected chi connectivity index (χ1v) is 5.27. The van der Waals surface area contributed by atoms with Gasteiger partial charge in [0.2, 0.25) is 0 Å². The van der Waals surface area contributed by atoms with Crippen molar-refractivity contribution in [2.24, 2.45) is 0 Å². The number of hydrogen-bond acceptors (Lipinski definition) is 5. The standard InChI is InChI=1S/C6H9N3O.H3O4P/c1-4-8-2-5(3-10)6(7)9-4;1-5(2,3)4/h2,10H,3H2,1H3,(H2,7,8,9);(H3,1,2,3,4). The Morgan fingerprint density at radius 1 is 1.47 bits per heavy atom. The molecule has 1 heterocycles. The third kappa shape index (κ3) is 7.98. The summed E-state index contributed by atoms with van der Waals surface area (Å²) in [5.74, 6) is 0.977. The van der Waals surface area contributed by atoms with Crippen molar-refractivity contribution in [1.82, 2.24) is 9.97 Å². The maximum atomic E-state index is 8.88. The number of nitrogens with two attached hydrogens (primary N) is 1. The molecule has 15 heavy (non-hydrogen) atoms. The highest BCUT2D eigenvalue weighted by atomic mass is 31.2. The van der Waals surface area contributed by atoms with E-state index in [0.29, 0.717) is 17.2 Å². The van der Waals surface area contributed by atoms with Gasteiger partial charge in [0.05, 0.1) is 6.61 Å². The summed E-state index contributed by atoms with van der Waals surface area (Å²) in [7, 11) is -4.64. The van der Waals surface area contributed by atoms with Crippen molar-refractivity contribution >= 4 is 13.6 Å². The van der Waals surface area contributed by atoms with Crippen LogP contribution in [-0.2, 0) is 11.2 Å². The van der Waals surface area contributed by atoms with Gasteiger partial charge < -0.3 is 25.5 Å². The van der Waals surface area contributed by atoms with Crippen LogP contribution in [0.4, 0.5) is 5.82 Å². The number of aryl methyl sites for hydroxylation is 1. The molecular formula is C6H12N3O5P. The summed E-state index contributed by atoms with van der Waals surface area (Å²) < 4.78 is 8.88. The number of nitrogen functional groups attached to an aromatic ring is 1. The van der Waals surface area contributed by atoms with Gasteiger partial charge in [-0.3, -0.25) is 0 Å². The largest absolute Gasteiger partial charge is 0.466 e. The van der Waals surface area contributed by atoms with Crippen molar-refractivity contribution in [2.75, 3.05) is 5.73 Å². The van der Waals surface area contributed by atoms with Crippen LogP contribution in [0.5, 0.6) is 0 Å². The Kier molecular flexibility index (Phi) is 5.34. The number of aromatic nitrogens is 2. The molecule has 0 unspecified atom stereocenters. The summed E-state index contributed by atoms with van der Waals surface area (Å²) in [4.78, 5) is 29.3. The lowest BCUT2D eigenvalue weighted by atomic mass is 10.3. The van der Waals surface area contributed by atoms with E-state index >= 15 is 0 Å². The summed E-state index contributed by atoms with van der Waals surface area (Å²) in [5, 5.41) is 8.65. The lowest BCUT2D eigenvalue weighted by molar-refractivity contribution is 0.275. The minimum Gasteiger partial charge on any atom is -0.391 e. The predicted octanol–water partition coefficient (Wildman–Crippen LogP) is -1.07. The molecular weight excluding hydrogens is 225 g/mol. The molecule has 0 aliphatic carbocycles. The first-order chi connectivity index (χ1) is 6.74. The molecule has 0 amide bonds. The summed E-state index contributed by atoms with van der Waals surface area (Å²) in [5.41, 5.74) is 6.00. The van der Waals surface area contributed by atoms with Crippen LogP contribution in [0, 0.1) is 6.92 Å². The van der Waals surface area contributed by atoms with Gasteiger partial charge in [-0.2, -0.15) is 0 Å². The molecule has 0 atom stereocenters. The molecule has 86 valence electrons. The van der Waals surface area contributed by atoms with Crippen molar-refractivity contribution in [3.63, 3.8) is 0 Å². The molecule has 0 aliphatic rings. The molecule has 0 aromatic carbocycles. The molecule has 8 nitrogen and oxygen atoms in total. The fourth-order valence-electron chi connectivity index (χ4n) is 0.634. The molecule has 1 aromatic heterocycles. The fraction of sp³-hybridized carbons (Fsp3) is 0.333. The maximum Gasteiger partial charge on any atom is 0.466 e. The zero-order valence-electron chi connectivity index (χ0n) is 7.90. The molecule has 0 spiro atoms. The van der Waals surface area contributed by atoms with E-state index < -0.39 is 7.82 Å². The van der Waals surface area contributed by atoms with Gasteiger partial charge in [0, 0.05) is 11.8 Å². The minimum atomic E-state index is -4.64. The Bertz CT molecular complexity index is 358. The van der Waals surface area contributed by atoms with Crippen LogP contribution >= 0.6 is 7.82 Å². The van der Waals surface area contributed by atoms with Crippen LogP contribution in [0.15, 0.2) is 6.20 Å². The van der Waals surface area contributed by atoms with Gasteiger partial charge in [0.15, 0.2) is 0 Å². The number of aliphatic hydroxyl groups is 1. The molecule has 6 N–H and O–H groups in total. The van der Waals surface area contributed by atoms with E-state index in [4.69, 9.17) is 30.1 Å². The lowest BCUT2D eigenvalue weighted by Crippen LogP contribution is -2.00. The smallest absolute Gasteiger partial charge is 0.391 e. The van der Waals surface area contributed by atoms with Crippen LogP contribution in [0.3, 0.4) is 0 Å². The molecule has 0 saturated heterocycles. The summed E-state index contributed by atoms with van der Waals surface area (Å²) in [6.07, 6.45) is 1.53. The highest BCUT2D eigenvalue weighted by Crippen LogP contribution is 2.25. The molecule has 0 saturated carbocycles. The predicted molar refractivity (Wildman–Crippen MR) is 51.4 cm³/mol. The van der Waals surface area contributed by atoms with Crippen LogP contribution in [0.1, 0.15) is 11.4 Å². The summed E-state index contributed by atoms with van der Waals surface area (Å²) >= 11 is 0. The molecule has 0 bridgehead atoms. The number of aliphatic hydroxyl groups excluding tert-OH is 1. The van der Waals surface area contributed by atoms with Crippen LogP contribution in [0.2, 0.25) is 0 Å². The monoisotopic (exact) mass is 237 g/mol. The fourth-order valence-corrected chi connectivity index (χ4v) is 0.634. The zero-order chi connectivity index (χ0) is 12.1. The van der Waals surface area contributed by atoms with Gasteiger partial charge in [-0.25, -0.2) is 14.5 Å². The van der Waals surface area contributed by atoms with Crippen LogP contribution < -0.4 is 5.73 Å². The van der Waals surface area contributed by atoms with Crippen molar-refractivity contribution in [2.45, 2.75) is 13.5 Å². The van der Waals surface area contributed by atoms with E-state index in [1.165, 1.54) is 6.20 Å². The molecule has 1 aromatic rings. The first kappa shape index (κ1) is 13.9. The average molecular weight is 237 g/mol. The zero-order valence-corrected chi connectivity index (χ0v) is 8.79. The molecule has 9 heteroatoms. The minimum absolute atomic E-state index is 0.105. The van der Waals surface area contributed by atoms with Gasteiger partial charge >= 0.3 is 7.82 Å². The quantitative estimate of drug-likeness (QED) is 0.387. The van der Waals surface area contributed by atoms with Crippen LogP contribution in [-0.4, -0.2) is 29.8 Å². The molecule has 0 radical (unpaired) electrons. The number of nitrogens with zero attached hydrogens (tertiary/aromatic N) is 2. The summed E-state index contributed by atoms with van der Waals surface area (Å²) in [6, 6.07) is 0. The number of anilines is 1. The van der Waals surface area contributed by atoms with E-state index in [1.807, 2.05) is 0 Å². The number of hydrogen-bond donors (Lipinski definition) is 5. The van der Waals surface area contributed by atoms with Crippen molar-refractivity contribution in [3.8, 4) is 0 Å². The highest BCUT2D eigenvalue weighted by molar-refractivity contribution is 7.45. The second-order valence-corrected chi connectivity index (χ2v) is 3.53. The average Bonchev–Trinajstić information content (AvgIpc) is 2.01. The van der Waals surface area contributed by atoms with Crippen molar-refractivity contribution < 1.29 is 24.4 Å². The SMILES string of the molecule is Cc1ncc(CO)c(N)n1.O=P(O)(O)O.